The molecular weight excluding hydrogens is 458 g/mol. The van der Waals surface area contributed by atoms with Gasteiger partial charge in [-0.05, 0) is 63.6 Å². The molecule has 0 unspecified atom stereocenters. The number of imide groups is 1. The van der Waals surface area contributed by atoms with Gasteiger partial charge in [0.25, 0.3) is 11.1 Å². The van der Waals surface area contributed by atoms with Gasteiger partial charge in [-0.2, -0.15) is 0 Å². The molecule has 3 amide bonds. The van der Waals surface area contributed by atoms with Crippen LogP contribution >= 0.6 is 27.7 Å². The van der Waals surface area contributed by atoms with E-state index in [4.69, 9.17) is 0 Å². The summed E-state index contributed by atoms with van der Waals surface area (Å²) in [5.41, 5.74) is 0.302. The molecule has 10 heteroatoms. The van der Waals surface area contributed by atoms with Gasteiger partial charge in [0.1, 0.15) is 23.9 Å². The van der Waals surface area contributed by atoms with Crippen molar-refractivity contribution < 1.29 is 28.3 Å². The van der Waals surface area contributed by atoms with Crippen molar-refractivity contribution in [1.29, 1.82) is 0 Å². The highest BCUT2D eigenvalue weighted by atomic mass is 79.9. The number of carbonyl (C=O) groups excluding carboxylic acids is 3. The maximum Gasteiger partial charge on any atom is 0.294 e. The van der Waals surface area contributed by atoms with Crippen LogP contribution in [0.2, 0.25) is 0 Å². The number of nitrogens with one attached hydrogen (secondary N) is 1. The molecule has 2 aromatic rings. The Morgan fingerprint density at radius 2 is 1.96 bits per heavy atom. The molecule has 2 N–H and O–H groups in total. The number of thioether (sulfide) groups is 1. The highest BCUT2D eigenvalue weighted by molar-refractivity contribution is 9.10. The van der Waals surface area contributed by atoms with E-state index >= 15 is 0 Å². The van der Waals surface area contributed by atoms with Gasteiger partial charge >= 0.3 is 0 Å². The zero-order chi connectivity index (χ0) is 20.4. The van der Waals surface area contributed by atoms with E-state index < -0.39 is 35.2 Å². The van der Waals surface area contributed by atoms with Crippen LogP contribution in [0.15, 0.2) is 45.8 Å². The second-order valence-corrected chi connectivity index (χ2v) is 7.50. The second-order valence-electron chi connectivity index (χ2n) is 5.65. The standard InChI is InChI=1S/C18H11BrF2N2O4S/c19-11-5-9(1-4-14(11)24)6-15-17(26)23(18(27)28-15)8-16(25)22-13-3-2-10(20)7-12(13)21/h1-7,24H,8H2,(H,22,25)/b15-6+. The number of nitrogens with zero attached hydrogens (tertiary/aromatic N) is 1. The molecule has 1 aliphatic rings. The van der Waals surface area contributed by atoms with Crippen molar-refractivity contribution in [2.45, 2.75) is 0 Å². The van der Waals surface area contributed by atoms with E-state index in [1.54, 1.807) is 12.1 Å². The molecule has 0 aromatic heterocycles. The Labute approximate surface area is 170 Å². The first kappa shape index (κ1) is 20.0. The molecule has 1 saturated heterocycles. The number of carbonyl (C=O) groups is 3. The molecule has 1 heterocycles. The van der Waals surface area contributed by atoms with Gasteiger partial charge < -0.3 is 10.4 Å². The van der Waals surface area contributed by atoms with Crippen molar-refractivity contribution in [3.63, 3.8) is 0 Å². The van der Waals surface area contributed by atoms with E-state index in [-0.39, 0.29) is 16.3 Å². The lowest BCUT2D eigenvalue weighted by Crippen LogP contribution is -2.36. The fourth-order valence-electron chi connectivity index (χ4n) is 2.32. The van der Waals surface area contributed by atoms with E-state index in [0.717, 1.165) is 17.0 Å². The molecule has 0 atom stereocenters. The summed E-state index contributed by atoms with van der Waals surface area (Å²) in [4.78, 5) is 37.4. The smallest absolute Gasteiger partial charge is 0.294 e. The van der Waals surface area contributed by atoms with Gasteiger partial charge in [0.15, 0.2) is 0 Å². The molecule has 0 bridgehead atoms. The summed E-state index contributed by atoms with van der Waals surface area (Å²) in [7, 11) is 0. The summed E-state index contributed by atoms with van der Waals surface area (Å²) in [6.45, 7) is -0.613. The van der Waals surface area contributed by atoms with Crippen molar-refractivity contribution in [3.8, 4) is 5.75 Å². The van der Waals surface area contributed by atoms with E-state index in [1.807, 2.05) is 0 Å². The minimum atomic E-state index is -0.972. The van der Waals surface area contributed by atoms with Crippen LogP contribution in [0.25, 0.3) is 6.08 Å². The quantitative estimate of drug-likeness (QED) is 0.659. The number of hydrogen-bond donors (Lipinski definition) is 2. The Hall–Kier alpha value is -2.72. The van der Waals surface area contributed by atoms with Crippen molar-refractivity contribution in [1.82, 2.24) is 4.90 Å². The highest BCUT2D eigenvalue weighted by Gasteiger charge is 2.36. The number of phenolic OH excluding ortho intramolecular Hbond substituents is 1. The van der Waals surface area contributed by atoms with Gasteiger partial charge in [0, 0.05) is 6.07 Å². The highest BCUT2D eigenvalue weighted by Crippen LogP contribution is 2.33. The van der Waals surface area contributed by atoms with Crippen LogP contribution in [0.4, 0.5) is 19.3 Å². The van der Waals surface area contributed by atoms with Gasteiger partial charge in [-0.1, -0.05) is 6.07 Å². The Bertz CT molecular complexity index is 1030. The topological polar surface area (TPSA) is 86.7 Å². The number of phenols is 1. The molecule has 0 saturated carbocycles. The first-order chi connectivity index (χ1) is 13.2. The van der Waals surface area contributed by atoms with E-state index in [1.165, 1.54) is 12.1 Å². The molecule has 1 fully saturated rings. The molecular formula is C18H11BrF2N2O4S. The van der Waals surface area contributed by atoms with Gasteiger partial charge in [-0.15, -0.1) is 0 Å². The molecule has 2 aromatic carbocycles. The molecule has 0 radical (unpaired) electrons. The van der Waals surface area contributed by atoms with Crippen LogP contribution in [-0.4, -0.2) is 33.6 Å². The first-order valence-electron chi connectivity index (χ1n) is 7.73. The van der Waals surface area contributed by atoms with Crippen LogP contribution in [0.3, 0.4) is 0 Å². The van der Waals surface area contributed by atoms with Crippen LogP contribution in [-0.2, 0) is 9.59 Å². The summed E-state index contributed by atoms with van der Waals surface area (Å²) in [6.07, 6.45) is 1.45. The Balaban J connectivity index is 1.71. The second kappa shape index (κ2) is 8.11. The summed E-state index contributed by atoms with van der Waals surface area (Å²) < 4.78 is 26.9. The van der Waals surface area contributed by atoms with Crippen LogP contribution in [0.1, 0.15) is 5.56 Å². The normalized spacial score (nSPS) is 15.4. The number of halogens is 3. The van der Waals surface area contributed by atoms with Crippen molar-refractivity contribution >= 4 is 56.5 Å². The summed E-state index contributed by atoms with van der Waals surface area (Å²) >= 11 is 3.81. The summed E-state index contributed by atoms with van der Waals surface area (Å²) in [6, 6.07) is 7.15. The molecule has 0 aliphatic carbocycles. The van der Waals surface area contributed by atoms with Crippen molar-refractivity contribution in [2.75, 3.05) is 11.9 Å². The Morgan fingerprint density at radius 3 is 2.64 bits per heavy atom. The van der Waals surface area contributed by atoms with Crippen LogP contribution in [0, 0.1) is 11.6 Å². The minimum Gasteiger partial charge on any atom is -0.507 e. The van der Waals surface area contributed by atoms with E-state index in [0.29, 0.717) is 27.9 Å². The number of aromatic hydroxyl groups is 1. The van der Waals surface area contributed by atoms with E-state index in [2.05, 4.69) is 21.2 Å². The maximum absolute atomic E-state index is 13.6. The summed E-state index contributed by atoms with van der Waals surface area (Å²) in [5.74, 6) is -3.22. The predicted molar refractivity (Wildman–Crippen MR) is 103 cm³/mol. The fraction of sp³-hybridized carbons (Fsp3) is 0.0556. The molecule has 3 rings (SSSR count). The van der Waals surface area contributed by atoms with Gasteiger partial charge in [0.05, 0.1) is 15.1 Å². The first-order valence-corrected chi connectivity index (χ1v) is 9.34. The molecule has 1 aliphatic heterocycles. The van der Waals surface area contributed by atoms with Crippen molar-refractivity contribution in [3.05, 3.63) is 63.0 Å². The lowest BCUT2D eigenvalue weighted by atomic mass is 10.2. The fourth-order valence-corrected chi connectivity index (χ4v) is 3.56. The Morgan fingerprint density at radius 1 is 1.21 bits per heavy atom. The number of hydrogen-bond acceptors (Lipinski definition) is 5. The van der Waals surface area contributed by atoms with Crippen molar-refractivity contribution in [2.24, 2.45) is 0 Å². The number of benzene rings is 2. The molecule has 6 nitrogen and oxygen atoms in total. The third-order valence-electron chi connectivity index (χ3n) is 3.65. The third kappa shape index (κ3) is 4.39. The average Bonchev–Trinajstić information content (AvgIpc) is 2.88. The van der Waals surface area contributed by atoms with Gasteiger partial charge in [-0.3, -0.25) is 19.3 Å². The summed E-state index contributed by atoms with van der Waals surface area (Å²) in [5, 5.41) is 11.0. The monoisotopic (exact) mass is 468 g/mol. The number of amides is 3. The molecule has 0 spiro atoms. The van der Waals surface area contributed by atoms with Gasteiger partial charge in [-0.25, -0.2) is 8.78 Å². The molecule has 28 heavy (non-hydrogen) atoms. The lowest BCUT2D eigenvalue weighted by Gasteiger charge is -2.12. The zero-order valence-corrected chi connectivity index (χ0v) is 16.3. The SMILES string of the molecule is O=C(CN1C(=O)S/C(=C/c2ccc(O)c(Br)c2)C1=O)Nc1ccc(F)cc1F. The average molecular weight is 469 g/mol. The lowest BCUT2D eigenvalue weighted by molar-refractivity contribution is -0.127. The third-order valence-corrected chi connectivity index (χ3v) is 5.19. The minimum absolute atomic E-state index is 0.0231. The maximum atomic E-state index is 13.6. The zero-order valence-electron chi connectivity index (χ0n) is 13.9. The number of anilines is 1. The van der Waals surface area contributed by atoms with Gasteiger partial charge in [0.2, 0.25) is 5.91 Å². The number of rotatable bonds is 4. The predicted octanol–water partition coefficient (Wildman–Crippen LogP) is 4.11. The van der Waals surface area contributed by atoms with Crippen LogP contribution < -0.4 is 5.32 Å². The van der Waals surface area contributed by atoms with E-state index in [9.17, 15) is 28.3 Å². The Kier molecular flexibility index (Phi) is 5.80. The van der Waals surface area contributed by atoms with Crippen LogP contribution in [0.5, 0.6) is 5.75 Å². The largest absolute Gasteiger partial charge is 0.507 e. The molecule has 144 valence electrons.